The second kappa shape index (κ2) is 5.07. The summed E-state index contributed by atoms with van der Waals surface area (Å²) in [5.41, 5.74) is 0.0870. The van der Waals surface area contributed by atoms with Gasteiger partial charge in [-0.3, -0.25) is 4.79 Å². The van der Waals surface area contributed by atoms with Gasteiger partial charge in [0.05, 0.1) is 5.41 Å². The normalized spacial score (nSPS) is 13.8. The number of halogens is 1. The van der Waals surface area contributed by atoms with Gasteiger partial charge < -0.3 is 10.0 Å². The summed E-state index contributed by atoms with van der Waals surface area (Å²) in [5.74, 6) is -0.814. The molecule has 0 bridgehead atoms. The fourth-order valence-electron chi connectivity index (χ4n) is 2.12. The maximum atomic E-state index is 11.4. The van der Waals surface area contributed by atoms with Gasteiger partial charge in [0.2, 0.25) is 0 Å². The zero-order valence-electron chi connectivity index (χ0n) is 10.6. The molecule has 0 fully saturated rings. The number of hydrogen-bond acceptors (Lipinski definition) is 2. The molecule has 0 spiro atoms. The number of benzene rings is 1. The maximum Gasteiger partial charge on any atom is 0.311 e. The Hall–Kier alpha value is -1.06. The van der Waals surface area contributed by atoms with Crippen molar-refractivity contribution in [2.45, 2.75) is 19.9 Å². The molecule has 1 rings (SSSR count). The quantitative estimate of drug-likeness (QED) is 0.899. The summed E-state index contributed by atoms with van der Waals surface area (Å²) in [4.78, 5) is 13.3. The Balaban J connectivity index is 3.18. The summed E-state index contributed by atoms with van der Waals surface area (Å²) in [6.07, 6.45) is 0. The lowest BCUT2D eigenvalue weighted by Gasteiger charge is -2.35. The van der Waals surface area contributed by atoms with E-state index in [2.05, 4.69) is 0 Å². The van der Waals surface area contributed by atoms with E-state index in [1.54, 1.807) is 26.0 Å². The Morgan fingerprint density at radius 1 is 1.29 bits per heavy atom. The first-order chi connectivity index (χ1) is 7.76. The van der Waals surface area contributed by atoms with Crippen LogP contribution in [0.4, 0.5) is 0 Å². The second-order valence-electron chi connectivity index (χ2n) is 4.94. The van der Waals surface area contributed by atoms with E-state index in [4.69, 9.17) is 11.6 Å². The van der Waals surface area contributed by atoms with Crippen LogP contribution in [0.5, 0.6) is 0 Å². The van der Waals surface area contributed by atoms with E-state index >= 15 is 0 Å². The molecular weight excluding hydrogens is 238 g/mol. The summed E-state index contributed by atoms with van der Waals surface area (Å²) in [5, 5.41) is 9.98. The SMILES string of the molecule is CN(C)C(c1ccc(Cl)cc1)C(C)(C)C(=O)O. The van der Waals surface area contributed by atoms with E-state index in [0.29, 0.717) is 5.02 Å². The molecule has 94 valence electrons. The minimum atomic E-state index is -0.864. The molecule has 0 aliphatic carbocycles. The van der Waals surface area contributed by atoms with E-state index in [-0.39, 0.29) is 6.04 Å². The molecule has 1 aromatic carbocycles. The number of rotatable bonds is 4. The Kier molecular flexibility index (Phi) is 4.17. The average molecular weight is 256 g/mol. The summed E-state index contributed by atoms with van der Waals surface area (Å²) in [6.45, 7) is 3.46. The zero-order valence-corrected chi connectivity index (χ0v) is 11.3. The van der Waals surface area contributed by atoms with Gasteiger partial charge in [0.1, 0.15) is 0 Å². The largest absolute Gasteiger partial charge is 0.481 e. The molecule has 0 aliphatic rings. The van der Waals surface area contributed by atoms with Crippen LogP contribution in [-0.4, -0.2) is 30.1 Å². The highest BCUT2D eigenvalue weighted by molar-refractivity contribution is 6.30. The summed E-state index contributed by atoms with van der Waals surface area (Å²) in [6, 6.07) is 7.11. The van der Waals surface area contributed by atoms with E-state index in [0.717, 1.165) is 5.56 Å². The predicted molar refractivity (Wildman–Crippen MR) is 69.3 cm³/mol. The fraction of sp³-hybridized carbons (Fsp3) is 0.462. The number of carboxylic acid groups (broad SMARTS) is 1. The molecule has 1 unspecified atom stereocenters. The molecule has 0 aromatic heterocycles. The standard InChI is InChI=1S/C13H18ClNO2/c1-13(2,12(16)17)11(15(3)4)9-5-7-10(14)8-6-9/h5-8,11H,1-4H3,(H,16,17). The number of hydrogen-bond donors (Lipinski definition) is 1. The van der Waals surface area contributed by atoms with Gasteiger partial charge >= 0.3 is 5.97 Å². The van der Waals surface area contributed by atoms with Crippen molar-refractivity contribution in [1.29, 1.82) is 0 Å². The third-order valence-electron chi connectivity index (χ3n) is 2.94. The lowest BCUT2D eigenvalue weighted by atomic mass is 9.80. The maximum absolute atomic E-state index is 11.4. The highest BCUT2D eigenvalue weighted by atomic mass is 35.5. The molecule has 0 heterocycles. The molecule has 3 nitrogen and oxygen atoms in total. The van der Waals surface area contributed by atoms with Gasteiger partial charge in [-0.05, 0) is 45.6 Å². The van der Waals surface area contributed by atoms with Crippen LogP contribution >= 0.6 is 11.6 Å². The van der Waals surface area contributed by atoms with Gasteiger partial charge in [-0.15, -0.1) is 0 Å². The van der Waals surface area contributed by atoms with Crippen LogP contribution in [0.3, 0.4) is 0 Å². The fourth-order valence-corrected chi connectivity index (χ4v) is 2.25. The number of aliphatic carboxylic acids is 1. The van der Waals surface area contributed by atoms with Crippen molar-refractivity contribution < 1.29 is 9.90 Å². The molecule has 0 saturated carbocycles. The first kappa shape index (κ1) is 14.0. The lowest BCUT2D eigenvalue weighted by molar-refractivity contribution is -0.150. The molecule has 1 atom stereocenters. The monoisotopic (exact) mass is 255 g/mol. The van der Waals surface area contributed by atoms with Crippen molar-refractivity contribution in [3.05, 3.63) is 34.9 Å². The highest BCUT2D eigenvalue weighted by Crippen LogP contribution is 2.37. The van der Waals surface area contributed by atoms with Crippen molar-refractivity contribution >= 4 is 17.6 Å². The molecule has 1 aromatic rings. The molecule has 4 heteroatoms. The van der Waals surface area contributed by atoms with E-state index in [1.807, 2.05) is 31.1 Å². The Morgan fingerprint density at radius 2 is 1.76 bits per heavy atom. The minimum Gasteiger partial charge on any atom is -0.481 e. The third-order valence-corrected chi connectivity index (χ3v) is 3.19. The van der Waals surface area contributed by atoms with Gasteiger partial charge in [-0.25, -0.2) is 0 Å². The van der Waals surface area contributed by atoms with Crippen molar-refractivity contribution in [3.8, 4) is 0 Å². The molecule has 0 saturated heterocycles. The van der Waals surface area contributed by atoms with E-state index in [1.165, 1.54) is 0 Å². The van der Waals surface area contributed by atoms with Crippen LogP contribution in [-0.2, 0) is 4.79 Å². The van der Waals surface area contributed by atoms with Crippen LogP contribution in [0.25, 0.3) is 0 Å². The Labute approximate surface area is 107 Å². The Bertz CT molecular complexity index is 398. The summed E-state index contributed by atoms with van der Waals surface area (Å²) in [7, 11) is 3.76. The average Bonchev–Trinajstić information content (AvgIpc) is 2.20. The van der Waals surface area contributed by atoms with Crippen LogP contribution in [0, 0.1) is 5.41 Å². The third kappa shape index (κ3) is 2.99. The number of nitrogens with zero attached hydrogens (tertiary/aromatic N) is 1. The lowest BCUT2D eigenvalue weighted by Crippen LogP contribution is -2.39. The first-order valence-electron chi connectivity index (χ1n) is 5.42. The highest BCUT2D eigenvalue weighted by Gasteiger charge is 2.39. The van der Waals surface area contributed by atoms with Crippen LogP contribution < -0.4 is 0 Å². The van der Waals surface area contributed by atoms with Crippen LogP contribution in [0.2, 0.25) is 5.02 Å². The minimum absolute atomic E-state index is 0.197. The number of carbonyl (C=O) groups is 1. The molecule has 17 heavy (non-hydrogen) atoms. The first-order valence-corrected chi connectivity index (χ1v) is 5.80. The van der Waals surface area contributed by atoms with Crippen LogP contribution in [0.15, 0.2) is 24.3 Å². The van der Waals surface area contributed by atoms with Crippen LogP contribution in [0.1, 0.15) is 25.5 Å². The molecule has 0 amide bonds. The van der Waals surface area contributed by atoms with Crippen molar-refractivity contribution in [1.82, 2.24) is 4.90 Å². The Morgan fingerprint density at radius 3 is 2.12 bits per heavy atom. The van der Waals surface area contributed by atoms with Crippen molar-refractivity contribution in [3.63, 3.8) is 0 Å². The predicted octanol–water partition coefficient (Wildman–Crippen LogP) is 3.05. The zero-order chi connectivity index (χ0) is 13.2. The van der Waals surface area contributed by atoms with Gasteiger partial charge in [0, 0.05) is 11.1 Å². The van der Waals surface area contributed by atoms with Gasteiger partial charge in [-0.1, -0.05) is 23.7 Å². The number of carboxylic acids is 1. The molecule has 0 radical (unpaired) electrons. The summed E-state index contributed by atoms with van der Waals surface area (Å²) >= 11 is 5.84. The van der Waals surface area contributed by atoms with Crippen molar-refractivity contribution in [2.24, 2.45) is 5.41 Å². The van der Waals surface area contributed by atoms with Gasteiger partial charge in [-0.2, -0.15) is 0 Å². The van der Waals surface area contributed by atoms with Crippen molar-refractivity contribution in [2.75, 3.05) is 14.1 Å². The molecular formula is C13H18ClNO2. The topological polar surface area (TPSA) is 40.5 Å². The van der Waals surface area contributed by atoms with Gasteiger partial charge in [0.25, 0.3) is 0 Å². The molecule has 0 aliphatic heterocycles. The summed E-state index contributed by atoms with van der Waals surface area (Å²) < 4.78 is 0. The van der Waals surface area contributed by atoms with E-state index in [9.17, 15) is 9.90 Å². The second-order valence-corrected chi connectivity index (χ2v) is 5.38. The van der Waals surface area contributed by atoms with Gasteiger partial charge in [0.15, 0.2) is 0 Å². The van der Waals surface area contributed by atoms with E-state index < -0.39 is 11.4 Å². The molecule has 1 N–H and O–H groups in total. The smallest absolute Gasteiger partial charge is 0.311 e.